The number of fused-ring (bicyclic) bond motifs is 1. The van der Waals surface area contributed by atoms with Crippen LogP contribution in [0.2, 0.25) is 0 Å². The highest BCUT2D eigenvalue weighted by Crippen LogP contribution is 2.40. The Balaban J connectivity index is 0.000000845. The van der Waals surface area contributed by atoms with Gasteiger partial charge in [0.05, 0.1) is 6.61 Å². The van der Waals surface area contributed by atoms with Crippen LogP contribution in [-0.4, -0.2) is 16.8 Å². The highest BCUT2D eigenvalue weighted by atomic mass is 79.9. The van der Waals surface area contributed by atoms with Gasteiger partial charge in [0.2, 0.25) is 5.75 Å². The molecule has 0 spiro atoms. The van der Waals surface area contributed by atoms with Gasteiger partial charge in [-0.15, -0.1) is 17.0 Å². The number of aryl methyl sites for hydroxylation is 1. The molecule has 72 valence electrons. The Morgan fingerprint density at radius 3 is 2.77 bits per heavy atom. The van der Waals surface area contributed by atoms with E-state index in [1.807, 2.05) is 0 Å². The number of halogens is 1. The molecule has 0 amide bonds. The Morgan fingerprint density at radius 1 is 1.23 bits per heavy atom. The highest BCUT2D eigenvalue weighted by molar-refractivity contribution is 8.93. The zero-order valence-electron chi connectivity index (χ0n) is 6.99. The van der Waals surface area contributed by atoms with Gasteiger partial charge in [0, 0.05) is 0 Å². The van der Waals surface area contributed by atoms with Gasteiger partial charge in [-0.3, -0.25) is 0 Å². The van der Waals surface area contributed by atoms with Crippen LogP contribution in [0, 0.1) is 0 Å². The van der Waals surface area contributed by atoms with Crippen LogP contribution in [0.15, 0.2) is 12.1 Å². The molecule has 2 rings (SSSR count). The van der Waals surface area contributed by atoms with Gasteiger partial charge in [0.1, 0.15) is 0 Å². The third-order valence-corrected chi connectivity index (χ3v) is 2.03. The van der Waals surface area contributed by atoms with Gasteiger partial charge >= 0.3 is 0 Å². The summed E-state index contributed by atoms with van der Waals surface area (Å²) < 4.78 is 5.23. The summed E-state index contributed by atoms with van der Waals surface area (Å²) in [6, 6.07) is 3.27. The summed E-state index contributed by atoms with van der Waals surface area (Å²) in [5.74, 6) is 0.198. The molecule has 0 fully saturated rings. The van der Waals surface area contributed by atoms with E-state index in [-0.39, 0.29) is 28.5 Å². The minimum Gasteiger partial charge on any atom is -0.504 e. The van der Waals surface area contributed by atoms with Gasteiger partial charge < -0.3 is 14.9 Å². The SMILES string of the molecule is Br.Oc1ccc2c(c1O)OCCC2. The van der Waals surface area contributed by atoms with Gasteiger partial charge in [0.15, 0.2) is 11.5 Å². The lowest BCUT2D eigenvalue weighted by Crippen LogP contribution is -2.08. The van der Waals surface area contributed by atoms with E-state index in [9.17, 15) is 5.11 Å². The van der Waals surface area contributed by atoms with Crippen molar-refractivity contribution in [3.63, 3.8) is 0 Å². The Kier molecular flexibility index (Phi) is 3.03. The molecule has 1 aromatic carbocycles. The molecule has 2 N–H and O–H groups in total. The molecule has 1 aromatic rings. The van der Waals surface area contributed by atoms with Crippen molar-refractivity contribution in [3.05, 3.63) is 17.7 Å². The van der Waals surface area contributed by atoms with E-state index in [2.05, 4.69) is 0 Å². The zero-order valence-corrected chi connectivity index (χ0v) is 8.70. The van der Waals surface area contributed by atoms with E-state index in [4.69, 9.17) is 9.84 Å². The van der Waals surface area contributed by atoms with E-state index >= 15 is 0 Å². The first-order chi connectivity index (χ1) is 5.79. The zero-order chi connectivity index (χ0) is 8.55. The summed E-state index contributed by atoms with van der Waals surface area (Å²) in [6.45, 7) is 0.615. The summed E-state index contributed by atoms with van der Waals surface area (Å²) in [7, 11) is 0. The lowest BCUT2D eigenvalue weighted by atomic mass is 10.1. The Morgan fingerprint density at radius 2 is 2.00 bits per heavy atom. The van der Waals surface area contributed by atoms with Crippen molar-refractivity contribution < 1.29 is 14.9 Å². The van der Waals surface area contributed by atoms with Crippen molar-refractivity contribution in [3.8, 4) is 17.2 Å². The first kappa shape index (κ1) is 10.2. The molecule has 1 aliphatic rings. The Bertz CT molecular complexity index is 312. The normalized spacial score (nSPS) is 13.8. The number of hydrogen-bond acceptors (Lipinski definition) is 3. The predicted octanol–water partition coefficient (Wildman–Crippen LogP) is 2.00. The molecular formula is C9H11BrO3. The second kappa shape index (κ2) is 3.87. The predicted molar refractivity (Wildman–Crippen MR) is 53.9 cm³/mol. The van der Waals surface area contributed by atoms with Crippen molar-refractivity contribution in [1.82, 2.24) is 0 Å². The average Bonchev–Trinajstić information content (AvgIpc) is 2.12. The molecule has 0 aliphatic carbocycles. The monoisotopic (exact) mass is 246 g/mol. The number of phenols is 2. The number of ether oxygens (including phenoxy) is 1. The second-order valence-corrected chi connectivity index (χ2v) is 2.87. The number of aromatic hydroxyl groups is 2. The van der Waals surface area contributed by atoms with E-state index < -0.39 is 0 Å². The maximum absolute atomic E-state index is 9.37. The van der Waals surface area contributed by atoms with Crippen LogP contribution in [0.5, 0.6) is 17.2 Å². The molecule has 3 nitrogen and oxygen atoms in total. The van der Waals surface area contributed by atoms with Crippen LogP contribution in [-0.2, 0) is 6.42 Å². The summed E-state index contributed by atoms with van der Waals surface area (Å²) in [6.07, 6.45) is 1.88. The Labute approximate surface area is 86.7 Å². The van der Waals surface area contributed by atoms with E-state index in [0.29, 0.717) is 12.4 Å². The topological polar surface area (TPSA) is 49.7 Å². The molecule has 1 aliphatic heterocycles. The lowest BCUT2D eigenvalue weighted by molar-refractivity contribution is 0.267. The molecule has 0 saturated carbocycles. The van der Waals surface area contributed by atoms with Crippen LogP contribution >= 0.6 is 17.0 Å². The van der Waals surface area contributed by atoms with Crippen LogP contribution < -0.4 is 4.74 Å². The summed E-state index contributed by atoms with van der Waals surface area (Å²) in [5, 5.41) is 18.5. The fraction of sp³-hybridized carbons (Fsp3) is 0.333. The van der Waals surface area contributed by atoms with Crippen molar-refractivity contribution >= 4 is 17.0 Å². The van der Waals surface area contributed by atoms with Crippen LogP contribution in [0.1, 0.15) is 12.0 Å². The van der Waals surface area contributed by atoms with Crippen molar-refractivity contribution in [2.24, 2.45) is 0 Å². The first-order valence-corrected chi connectivity index (χ1v) is 3.95. The average molecular weight is 247 g/mol. The summed E-state index contributed by atoms with van der Waals surface area (Å²) in [4.78, 5) is 0. The minimum atomic E-state index is -0.132. The largest absolute Gasteiger partial charge is 0.504 e. The molecule has 0 aromatic heterocycles. The molecule has 13 heavy (non-hydrogen) atoms. The third kappa shape index (κ3) is 1.72. The maximum Gasteiger partial charge on any atom is 0.200 e. The minimum absolute atomic E-state index is 0. The van der Waals surface area contributed by atoms with Crippen LogP contribution in [0.3, 0.4) is 0 Å². The van der Waals surface area contributed by atoms with Crippen molar-refractivity contribution in [2.75, 3.05) is 6.61 Å². The fourth-order valence-corrected chi connectivity index (χ4v) is 1.40. The number of rotatable bonds is 0. The van der Waals surface area contributed by atoms with Crippen LogP contribution in [0.4, 0.5) is 0 Å². The van der Waals surface area contributed by atoms with Gasteiger partial charge in [-0.25, -0.2) is 0 Å². The lowest BCUT2D eigenvalue weighted by Gasteiger charge is -2.18. The number of hydrogen-bond donors (Lipinski definition) is 2. The van der Waals surface area contributed by atoms with Gasteiger partial charge in [-0.05, 0) is 24.5 Å². The molecule has 0 atom stereocenters. The molecule has 0 bridgehead atoms. The van der Waals surface area contributed by atoms with E-state index in [0.717, 1.165) is 18.4 Å². The third-order valence-electron chi connectivity index (χ3n) is 2.03. The maximum atomic E-state index is 9.37. The van der Waals surface area contributed by atoms with Gasteiger partial charge in [0.25, 0.3) is 0 Å². The quantitative estimate of drug-likeness (QED) is 0.689. The summed E-state index contributed by atoms with van der Waals surface area (Å²) in [5.41, 5.74) is 0.969. The molecule has 1 heterocycles. The van der Waals surface area contributed by atoms with Crippen LogP contribution in [0.25, 0.3) is 0 Å². The fourth-order valence-electron chi connectivity index (χ4n) is 1.40. The second-order valence-electron chi connectivity index (χ2n) is 2.87. The van der Waals surface area contributed by atoms with Gasteiger partial charge in [-0.2, -0.15) is 0 Å². The molecule has 0 saturated heterocycles. The van der Waals surface area contributed by atoms with Gasteiger partial charge in [-0.1, -0.05) is 6.07 Å². The van der Waals surface area contributed by atoms with Crippen molar-refractivity contribution in [2.45, 2.75) is 12.8 Å². The first-order valence-electron chi connectivity index (χ1n) is 3.95. The molecular weight excluding hydrogens is 236 g/mol. The van der Waals surface area contributed by atoms with Crippen molar-refractivity contribution in [1.29, 1.82) is 0 Å². The highest BCUT2D eigenvalue weighted by Gasteiger charge is 2.16. The smallest absolute Gasteiger partial charge is 0.200 e. The van der Waals surface area contributed by atoms with E-state index in [1.54, 1.807) is 6.07 Å². The standard InChI is InChI=1S/C9H10O3.BrH/c10-7-4-3-6-2-1-5-12-9(6)8(7)11;/h3-4,10-11H,1-2,5H2;1H. The molecule has 4 heteroatoms. The molecule has 0 radical (unpaired) electrons. The summed E-state index contributed by atoms with van der Waals surface area (Å²) >= 11 is 0. The Hall–Kier alpha value is -0.900. The number of benzene rings is 1. The van der Waals surface area contributed by atoms with E-state index in [1.165, 1.54) is 6.07 Å². The molecule has 0 unspecified atom stereocenters. The number of phenolic OH excluding ortho intramolecular Hbond substituents is 2.